The number of carbonyl (C=O) groups excluding carboxylic acids is 1. The number of para-hydroxylation sites is 1. The highest BCUT2D eigenvalue weighted by Crippen LogP contribution is 2.20. The number of rotatable bonds is 5. The predicted molar refractivity (Wildman–Crippen MR) is 96.6 cm³/mol. The number of anilines is 1. The van der Waals surface area contributed by atoms with Gasteiger partial charge in [0, 0.05) is 31.9 Å². The van der Waals surface area contributed by atoms with Crippen LogP contribution < -0.4 is 5.32 Å². The van der Waals surface area contributed by atoms with Crippen LogP contribution in [0.25, 0.3) is 0 Å². The van der Waals surface area contributed by atoms with E-state index in [9.17, 15) is 22.0 Å². The Morgan fingerprint density at radius 3 is 2.26 bits per heavy atom. The number of piperazine rings is 1. The van der Waals surface area contributed by atoms with Gasteiger partial charge >= 0.3 is 0 Å². The molecule has 2 aromatic carbocycles. The number of benzene rings is 2. The smallest absolute Gasteiger partial charge is 0.243 e. The molecule has 0 saturated carbocycles. The van der Waals surface area contributed by atoms with Gasteiger partial charge in [-0.25, -0.2) is 17.2 Å². The summed E-state index contributed by atoms with van der Waals surface area (Å²) in [6.45, 7) is 1.21. The molecule has 0 radical (unpaired) electrons. The lowest BCUT2D eigenvalue weighted by Crippen LogP contribution is -2.50. The van der Waals surface area contributed by atoms with E-state index < -0.39 is 21.7 Å². The quantitative estimate of drug-likeness (QED) is 0.840. The average Bonchev–Trinajstić information content (AvgIpc) is 2.65. The van der Waals surface area contributed by atoms with Gasteiger partial charge in [0.05, 0.1) is 11.4 Å². The predicted octanol–water partition coefficient (Wildman–Crippen LogP) is 1.91. The molecular formula is C18H19F2N3O3S. The second-order valence-electron chi connectivity index (χ2n) is 6.17. The van der Waals surface area contributed by atoms with Crippen molar-refractivity contribution in [2.75, 3.05) is 38.0 Å². The van der Waals surface area contributed by atoms with Gasteiger partial charge in [0.15, 0.2) is 11.6 Å². The molecule has 0 spiro atoms. The second-order valence-corrected chi connectivity index (χ2v) is 8.11. The first kappa shape index (κ1) is 19.4. The first-order valence-corrected chi connectivity index (χ1v) is 9.83. The number of sulfonamides is 1. The van der Waals surface area contributed by atoms with Crippen LogP contribution in [-0.2, 0) is 14.8 Å². The summed E-state index contributed by atoms with van der Waals surface area (Å²) in [5.41, 5.74) is 0.696. The van der Waals surface area contributed by atoms with E-state index in [0.717, 1.165) is 12.1 Å². The first-order chi connectivity index (χ1) is 12.9. The Morgan fingerprint density at radius 2 is 1.63 bits per heavy atom. The maximum absolute atomic E-state index is 13.4. The van der Waals surface area contributed by atoms with Crippen molar-refractivity contribution in [1.82, 2.24) is 9.21 Å². The van der Waals surface area contributed by atoms with Crippen molar-refractivity contribution in [3.05, 3.63) is 60.2 Å². The van der Waals surface area contributed by atoms with Crippen molar-refractivity contribution in [1.29, 1.82) is 0 Å². The van der Waals surface area contributed by atoms with E-state index >= 15 is 0 Å². The molecule has 2 aromatic rings. The van der Waals surface area contributed by atoms with Crippen LogP contribution in [0.4, 0.5) is 14.5 Å². The fourth-order valence-electron chi connectivity index (χ4n) is 2.84. The van der Waals surface area contributed by atoms with Crippen LogP contribution in [0.15, 0.2) is 53.4 Å². The standard InChI is InChI=1S/C18H19F2N3O3S/c19-16-7-6-15(12-17(16)20)27(25,26)23-10-8-22(9-11-23)13-18(24)21-14-4-2-1-3-5-14/h1-7,12H,8-11,13H2,(H,21,24). The monoisotopic (exact) mass is 395 g/mol. The van der Waals surface area contributed by atoms with Crippen LogP contribution in [0.3, 0.4) is 0 Å². The fourth-order valence-corrected chi connectivity index (χ4v) is 4.27. The molecule has 1 heterocycles. The molecule has 0 atom stereocenters. The molecule has 1 N–H and O–H groups in total. The van der Waals surface area contributed by atoms with Crippen LogP contribution in [-0.4, -0.2) is 56.3 Å². The van der Waals surface area contributed by atoms with Crippen molar-refractivity contribution in [3.8, 4) is 0 Å². The van der Waals surface area contributed by atoms with Gasteiger partial charge in [-0.05, 0) is 30.3 Å². The molecule has 6 nitrogen and oxygen atoms in total. The molecular weight excluding hydrogens is 376 g/mol. The Hall–Kier alpha value is -2.36. The lowest BCUT2D eigenvalue weighted by Gasteiger charge is -2.33. The minimum Gasteiger partial charge on any atom is -0.325 e. The summed E-state index contributed by atoms with van der Waals surface area (Å²) in [6, 6.07) is 11.6. The maximum atomic E-state index is 13.4. The molecule has 9 heteroatoms. The van der Waals surface area contributed by atoms with E-state index in [1.165, 1.54) is 4.31 Å². The molecule has 144 valence electrons. The summed E-state index contributed by atoms with van der Waals surface area (Å²) in [4.78, 5) is 13.7. The van der Waals surface area contributed by atoms with E-state index in [1.807, 2.05) is 23.1 Å². The SMILES string of the molecule is O=C(CN1CCN(S(=O)(=O)c2ccc(F)c(F)c2)CC1)Nc1ccccc1. The Morgan fingerprint density at radius 1 is 0.963 bits per heavy atom. The van der Waals surface area contributed by atoms with Gasteiger partial charge in [-0.2, -0.15) is 4.31 Å². The molecule has 0 unspecified atom stereocenters. The highest BCUT2D eigenvalue weighted by Gasteiger charge is 2.29. The van der Waals surface area contributed by atoms with Gasteiger partial charge in [-0.3, -0.25) is 9.69 Å². The summed E-state index contributed by atoms with van der Waals surface area (Å²) in [5, 5.41) is 2.78. The lowest BCUT2D eigenvalue weighted by atomic mass is 10.3. The van der Waals surface area contributed by atoms with Gasteiger partial charge in [-0.15, -0.1) is 0 Å². The first-order valence-electron chi connectivity index (χ1n) is 8.39. The molecule has 1 fully saturated rings. The zero-order valence-corrected chi connectivity index (χ0v) is 15.3. The highest BCUT2D eigenvalue weighted by molar-refractivity contribution is 7.89. The van der Waals surface area contributed by atoms with E-state index in [1.54, 1.807) is 12.1 Å². The van der Waals surface area contributed by atoms with Crippen molar-refractivity contribution in [2.24, 2.45) is 0 Å². The molecule has 1 amide bonds. The molecule has 3 rings (SSSR count). The molecule has 27 heavy (non-hydrogen) atoms. The zero-order valence-electron chi connectivity index (χ0n) is 14.4. The Balaban J connectivity index is 1.56. The van der Waals surface area contributed by atoms with Crippen LogP contribution in [0.5, 0.6) is 0 Å². The largest absolute Gasteiger partial charge is 0.325 e. The third kappa shape index (κ3) is 4.68. The third-order valence-corrected chi connectivity index (χ3v) is 6.18. The van der Waals surface area contributed by atoms with Gasteiger partial charge < -0.3 is 5.32 Å². The molecule has 0 aromatic heterocycles. The summed E-state index contributed by atoms with van der Waals surface area (Å²) >= 11 is 0. The molecule has 1 aliphatic heterocycles. The Labute approximate surface area is 156 Å². The van der Waals surface area contributed by atoms with Gasteiger partial charge in [0.25, 0.3) is 0 Å². The number of nitrogens with zero attached hydrogens (tertiary/aromatic N) is 2. The van der Waals surface area contributed by atoms with Crippen LogP contribution in [0.2, 0.25) is 0 Å². The minimum atomic E-state index is -3.90. The zero-order chi connectivity index (χ0) is 19.4. The molecule has 0 bridgehead atoms. The maximum Gasteiger partial charge on any atom is 0.243 e. The molecule has 0 aliphatic carbocycles. The summed E-state index contributed by atoms with van der Waals surface area (Å²) in [6.07, 6.45) is 0. The highest BCUT2D eigenvalue weighted by atomic mass is 32.2. The average molecular weight is 395 g/mol. The lowest BCUT2D eigenvalue weighted by molar-refractivity contribution is -0.117. The van der Waals surface area contributed by atoms with Gasteiger partial charge in [-0.1, -0.05) is 18.2 Å². The number of halogens is 2. The van der Waals surface area contributed by atoms with Gasteiger partial charge in [0.1, 0.15) is 0 Å². The normalized spacial score (nSPS) is 16.2. The summed E-state index contributed by atoms with van der Waals surface area (Å²) in [7, 11) is -3.90. The van der Waals surface area contributed by atoms with Crippen molar-refractivity contribution >= 4 is 21.6 Å². The molecule has 1 aliphatic rings. The van der Waals surface area contributed by atoms with E-state index in [-0.39, 0.29) is 30.4 Å². The van der Waals surface area contributed by atoms with Crippen LogP contribution >= 0.6 is 0 Å². The summed E-state index contributed by atoms with van der Waals surface area (Å²) in [5.74, 6) is -2.48. The van der Waals surface area contributed by atoms with Crippen LogP contribution in [0.1, 0.15) is 0 Å². The van der Waals surface area contributed by atoms with E-state index in [2.05, 4.69) is 5.32 Å². The number of hydrogen-bond donors (Lipinski definition) is 1. The third-order valence-electron chi connectivity index (χ3n) is 4.28. The van der Waals surface area contributed by atoms with Gasteiger partial charge in [0.2, 0.25) is 15.9 Å². The number of carbonyl (C=O) groups is 1. The van der Waals surface area contributed by atoms with E-state index in [4.69, 9.17) is 0 Å². The van der Waals surface area contributed by atoms with Crippen LogP contribution in [0, 0.1) is 11.6 Å². The number of hydrogen-bond acceptors (Lipinski definition) is 4. The molecule has 1 saturated heterocycles. The fraction of sp³-hybridized carbons (Fsp3) is 0.278. The number of amides is 1. The Bertz CT molecular complexity index is 915. The topological polar surface area (TPSA) is 69.7 Å². The second kappa shape index (κ2) is 8.12. The minimum absolute atomic E-state index is 0.147. The summed E-state index contributed by atoms with van der Waals surface area (Å²) < 4.78 is 52.7. The Kier molecular flexibility index (Phi) is 5.83. The van der Waals surface area contributed by atoms with Crippen molar-refractivity contribution in [3.63, 3.8) is 0 Å². The van der Waals surface area contributed by atoms with E-state index in [0.29, 0.717) is 24.8 Å². The van der Waals surface area contributed by atoms with Crippen molar-refractivity contribution in [2.45, 2.75) is 4.90 Å². The van der Waals surface area contributed by atoms with Crippen molar-refractivity contribution < 1.29 is 22.0 Å². The number of nitrogens with one attached hydrogen (secondary N) is 1.